The van der Waals surface area contributed by atoms with Crippen LogP contribution < -0.4 is 5.32 Å². The highest BCUT2D eigenvalue weighted by atomic mass is 35.5. The van der Waals surface area contributed by atoms with Gasteiger partial charge in [0.15, 0.2) is 11.0 Å². The number of hydrogen-bond acceptors (Lipinski definition) is 7. The van der Waals surface area contributed by atoms with Crippen molar-refractivity contribution in [1.82, 2.24) is 14.8 Å². The van der Waals surface area contributed by atoms with Crippen molar-refractivity contribution in [2.24, 2.45) is 7.05 Å². The van der Waals surface area contributed by atoms with E-state index in [0.717, 1.165) is 11.4 Å². The molecule has 0 atom stereocenters. The zero-order valence-corrected chi connectivity index (χ0v) is 16.7. The average Bonchev–Trinajstić information content (AvgIpc) is 3.20. The summed E-state index contributed by atoms with van der Waals surface area (Å²) in [7, 11) is 1.83. The van der Waals surface area contributed by atoms with E-state index in [4.69, 9.17) is 11.6 Å². The quantitative estimate of drug-likeness (QED) is 0.363. The number of amides is 1. The number of nitro groups is 1. The minimum Gasteiger partial charge on any atom is -0.324 e. The van der Waals surface area contributed by atoms with Crippen LogP contribution in [0.25, 0.3) is 11.4 Å². The molecule has 11 heteroatoms. The van der Waals surface area contributed by atoms with Gasteiger partial charge < -0.3 is 9.88 Å². The molecule has 0 aliphatic carbocycles. The van der Waals surface area contributed by atoms with Gasteiger partial charge in [-0.2, -0.15) is 0 Å². The van der Waals surface area contributed by atoms with Crippen LogP contribution >= 0.6 is 34.7 Å². The first kappa shape index (κ1) is 19.3. The molecule has 1 amide bonds. The van der Waals surface area contributed by atoms with Crippen molar-refractivity contribution in [3.05, 3.63) is 49.7 Å². The van der Waals surface area contributed by atoms with Crippen molar-refractivity contribution in [2.75, 3.05) is 11.1 Å². The standard InChI is InChI=1S/C16H14ClN5O3S2/c1-9-5-10(7-26-9)15-19-20-16(21(15)2)27-8-14(23)18-13-6-11(22(24)25)3-4-12(13)17/h3-7H,8H2,1-2H3,(H,18,23). The monoisotopic (exact) mass is 423 g/mol. The first-order valence-electron chi connectivity index (χ1n) is 7.66. The summed E-state index contributed by atoms with van der Waals surface area (Å²) in [6.07, 6.45) is 0. The molecule has 2 aromatic heterocycles. The summed E-state index contributed by atoms with van der Waals surface area (Å²) in [5.41, 5.74) is 1.03. The Bertz CT molecular complexity index is 1020. The normalized spacial score (nSPS) is 10.8. The highest BCUT2D eigenvalue weighted by molar-refractivity contribution is 7.99. The van der Waals surface area contributed by atoms with E-state index >= 15 is 0 Å². The van der Waals surface area contributed by atoms with Gasteiger partial charge in [-0.05, 0) is 19.1 Å². The van der Waals surface area contributed by atoms with Gasteiger partial charge in [-0.1, -0.05) is 23.4 Å². The van der Waals surface area contributed by atoms with Gasteiger partial charge in [0, 0.05) is 35.0 Å². The maximum Gasteiger partial charge on any atom is 0.271 e. The van der Waals surface area contributed by atoms with Crippen LogP contribution in [0.15, 0.2) is 34.8 Å². The van der Waals surface area contributed by atoms with E-state index in [1.165, 1.54) is 34.8 Å². The maximum atomic E-state index is 12.2. The molecule has 3 rings (SSSR count). The molecule has 27 heavy (non-hydrogen) atoms. The topological polar surface area (TPSA) is 103 Å². The molecule has 0 saturated heterocycles. The molecule has 0 aliphatic heterocycles. The van der Waals surface area contributed by atoms with Crippen LogP contribution in [0.4, 0.5) is 11.4 Å². The molecule has 140 valence electrons. The Morgan fingerprint density at radius 1 is 1.41 bits per heavy atom. The third kappa shape index (κ3) is 4.46. The molecule has 0 spiro atoms. The number of nitrogens with zero attached hydrogens (tertiary/aromatic N) is 4. The summed E-state index contributed by atoms with van der Waals surface area (Å²) in [5.74, 6) is 0.440. The Kier molecular flexibility index (Phi) is 5.78. The van der Waals surface area contributed by atoms with E-state index in [0.29, 0.717) is 5.16 Å². The summed E-state index contributed by atoms with van der Waals surface area (Å²) < 4.78 is 1.82. The van der Waals surface area contributed by atoms with E-state index < -0.39 is 4.92 Å². The van der Waals surface area contributed by atoms with Crippen LogP contribution in [0.3, 0.4) is 0 Å². The third-order valence-electron chi connectivity index (χ3n) is 3.59. The summed E-state index contributed by atoms with van der Waals surface area (Å²) >= 11 is 8.84. The van der Waals surface area contributed by atoms with E-state index in [1.807, 2.05) is 30.0 Å². The first-order valence-corrected chi connectivity index (χ1v) is 9.91. The van der Waals surface area contributed by atoms with Gasteiger partial charge in [0.25, 0.3) is 5.69 Å². The zero-order chi connectivity index (χ0) is 19.6. The van der Waals surface area contributed by atoms with Crippen LogP contribution in [0.5, 0.6) is 0 Å². The van der Waals surface area contributed by atoms with Gasteiger partial charge in [-0.25, -0.2) is 0 Å². The molecule has 1 aromatic carbocycles. The summed E-state index contributed by atoms with van der Waals surface area (Å²) in [6.45, 7) is 2.02. The summed E-state index contributed by atoms with van der Waals surface area (Å²) in [6, 6.07) is 5.91. The van der Waals surface area contributed by atoms with Gasteiger partial charge in [-0.3, -0.25) is 14.9 Å². The molecule has 0 unspecified atom stereocenters. The van der Waals surface area contributed by atoms with Crippen molar-refractivity contribution in [2.45, 2.75) is 12.1 Å². The molecule has 8 nitrogen and oxygen atoms in total. The second-order valence-electron chi connectivity index (χ2n) is 5.57. The molecule has 0 aliphatic rings. The second kappa shape index (κ2) is 8.07. The Hall–Kier alpha value is -2.43. The predicted molar refractivity (Wildman–Crippen MR) is 107 cm³/mol. The van der Waals surface area contributed by atoms with Crippen LogP contribution in [-0.4, -0.2) is 31.3 Å². The number of anilines is 1. The number of non-ortho nitro benzene ring substituents is 1. The number of nitrogens with one attached hydrogen (secondary N) is 1. The molecule has 0 saturated carbocycles. The number of aryl methyl sites for hydroxylation is 1. The van der Waals surface area contributed by atoms with Crippen LogP contribution in [0, 0.1) is 17.0 Å². The highest BCUT2D eigenvalue weighted by Crippen LogP contribution is 2.28. The molecule has 1 N–H and O–H groups in total. The van der Waals surface area contributed by atoms with Gasteiger partial charge in [-0.15, -0.1) is 21.5 Å². The average molecular weight is 424 g/mol. The number of halogens is 1. The van der Waals surface area contributed by atoms with Crippen LogP contribution in [-0.2, 0) is 11.8 Å². The Balaban J connectivity index is 1.66. The van der Waals surface area contributed by atoms with Gasteiger partial charge in [0.05, 0.1) is 21.4 Å². The van der Waals surface area contributed by atoms with Crippen molar-refractivity contribution >= 4 is 52.0 Å². The number of hydrogen-bond donors (Lipinski definition) is 1. The van der Waals surface area contributed by atoms with E-state index in [9.17, 15) is 14.9 Å². The largest absolute Gasteiger partial charge is 0.324 e. The number of nitro benzene ring substituents is 1. The SMILES string of the molecule is Cc1cc(-c2nnc(SCC(=O)Nc3cc([N+](=O)[O-])ccc3Cl)n2C)cs1. The smallest absolute Gasteiger partial charge is 0.271 e. The summed E-state index contributed by atoms with van der Waals surface area (Å²) in [4.78, 5) is 23.7. The van der Waals surface area contributed by atoms with Crippen molar-refractivity contribution in [3.63, 3.8) is 0 Å². The number of thioether (sulfide) groups is 1. The lowest BCUT2D eigenvalue weighted by atomic mass is 10.3. The molecule has 0 fully saturated rings. The first-order chi connectivity index (χ1) is 12.8. The fourth-order valence-electron chi connectivity index (χ4n) is 2.29. The predicted octanol–water partition coefficient (Wildman–Crippen LogP) is 4.14. The van der Waals surface area contributed by atoms with Crippen molar-refractivity contribution in [1.29, 1.82) is 0 Å². The third-order valence-corrected chi connectivity index (χ3v) is 5.80. The van der Waals surface area contributed by atoms with Gasteiger partial charge in [0.1, 0.15) is 0 Å². The van der Waals surface area contributed by atoms with E-state index in [1.54, 1.807) is 11.3 Å². The fraction of sp³-hybridized carbons (Fsp3) is 0.188. The molecule has 3 aromatic rings. The van der Waals surface area contributed by atoms with Crippen LogP contribution in [0.2, 0.25) is 5.02 Å². The van der Waals surface area contributed by atoms with Crippen molar-refractivity contribution < 1.29 is 9.72 Å². The lowest BCUT2D eigenvalue weighted by Crippen LogP contribution is -2.15. The Labute approximate surface area is 167 Å². The van der Waals surface area contributed by atoms with Gasteiger partial charge >= 0.3 is 0 Å². The molecule has 0 bridgehead atoms. The lowest BCUT2D eigenvalue weighted by molar-refractivity contribution is -0.384. The minimum absolute atomic E-state index is 0.0632. The molecule has 2 heterocycles. The van der Waals surface area contributed by atoms with Gasteiger partial charge in [0.2, 0.25) is 5.91 Å². The lowest BCUT2D eigenvalue weighted by Gasteiger charge is -2.07. The zero-order valence-electron chi connectivity index (χ0n) is 14.3. The number of carbonyl (C=O) groups is 1. The minimum atomic E-state index is -0.548. The fourth-order valence-corrected chi connectivity index (χ4v) is 3.85. The molecular formula is C16H14ClN5O3S2. The number of aromatic nitrogens is 3. The molecular weight excluding hydrogens is 410 g/mol. The number of rotatable bonds is 6. The van der Waals surface area contributed by atoms with E-state index in [2.05, 4.69) is 15.5 Å². The summed E-state index contributed by atoms with van der Waals surface area (Å²) in [5, 5.41) is 24.6. The Morgan fingerprint density at radius 3 is 2.85 bits per heavy atom. The Morgan fingerprint density at radius 2 is 2.19 bits per heavy atom. The van der Waals surface area contributed by atoms with E-state index in [-0.39, 0.29) is 28.1 Å². The highest BCUT2D eigenvalue weighted by Gasteiger charge is 2.15. The maximum absolute atomic E-state index is 12.2. The number of benzene rings is 1. The number of carbonyl (C=O) groups excluding carboxylic acids is 1. The van der Waals surface area contributed by atoms with Crippen LogP contribution in [0.1, 0.15) is 4.88 Å². The molecule has 0 radical (unpaired) electrons. The number of thiophene rings is 1. The van der Waals surface area contributed by atoms with Crippen molar-refractivity contribution in [3.8, 4) is 11.4 Å². The second-order valence-corrected chi connectivity index (χ2v) is 8.03.